The minimum absolute atomic E-state index is 0.00120. The number of hydrogen-bond acceptors (Lipinski definition) is 1. The molecule has 2 aliphatic rings. The maximum Gasteiger partial charge on any atom is 0.322 e. The molecule has 0 saturated heterocycles. The van der Waals surface area contributed by atoms with Crippen molar-refractivity contribution in [2.24, 2.45) is 0 Å². The lowest BCUT2D eigenvalue weighted by Crippen LogP contribution is -2.39. The molecule has 3 nitrogen and oxygen atoms in total. The number of rotatable bonds is 0. The lowest BCUT2D eigenvalue weighted by Gasteiger charge is -2.31. The van der Waals surface area contributed by atoms with E-state index in [1.54, 1.807) is 0 Å². The van der Waals surface area contributed by atoms with E-state index >= 15 is 0 Å². The zero-order valence-corrected chi connectivity index (χ0v) is 7.60. The molecule has 2 heterocycles. The van der Waals surface area contributed by atoms with Gasteiger partial charge >= 0.3 is 6.03 Å². The summed E-state index contributed by atoms with van der Waals surface area (Å²) in [7, 11) is 0. The van der Waals surface area contributed by atoms with Crippen LogP contribution in [0.15, 0.2) is 36.4 Å². The molecule has 0 bridgehead atoms. The van der Waals surface area contributed by atoms with E-state index in [4.69, 9.17) is 0 Å². The summed E-state index contributed by atoms with van der Waals surface area (Å²) in [6.45, 7) is 0.713. The van der Waals surface area contributed by atoms with Crippen LogP contribution in [0.1, 0.15) is 11.6 Å². The Kier molecular flexibility index (Phi) is 1.42. The van der Waals surface area contributed by atoms with Gasteiger partial charge in [0, 0.05) is 17.8 Å². The van der Waals surface area contributed by atoms with Crippen LogP contribution in [0.25, 0.3) is 0 Å². The van der Waals surface area contributed by atoms with Crippen LogP contribution in [-0.4, -0.2) is 17.5 Å². The molecule has 1 unspecified atom stereocenters. The van der Waals surface area contributed by atoms with E-state index in [1.165, 1.54) is 5.56 Å². The van der Waals surface area contributed by atoms with Gasteiger partial charge in [-0.25, -0.2) is 4.79 Å². The molecular formula is C11H10N2O. The summed E-state index contributed by atoms with van der Waals surface area (Å²) in [5.74, 6) is 0. The smallest absolute Gasteiger partial charge is 0.310 e. The second kappa shape index (κ2) is 2.61. The molecule has 3 heteroatoms. The number of amides is 2. The normalized spacial score (nSPS) is 23.0. The number of carbonyl (C=O) groups excluding carboxylic acids is 1. The monoisotopic (exact) mass is 186 g/mol. The first-order chi connectivity index (χ1) is 6.86. The Bertz CT molecular complexity index is 425. The first kappa shape index (κ1) is 7.62. The lowest BCUT2D eigenvalue weighted by atomic mass is 10.0. The Morgan fingerprint density at radius 1 is 1.36 bits per heavy atom. The minimum atomic E-state index is -0.00120. The molecule has 0 aliphatic carbocycles. The van der Waals surface area contributed by atoms with E-state index in [2.05, 4.69) is 17.5 Å². The van der Waals surface area contributed by atoms with E-state index in [0.717, 1.165) is 5.69 Å². The third-order valence-corrected chi connectivity index (χ3v) is 2.74. The lowest BCUT2D eigenvalue weighted by molar-refractivity contribution is 0.208. The number of para-hydroxylation sites is 1. The second-order valence-corrected chi connectivity index (χ2v) is 3.54. The fraction of sp³-hybridized carbons (Fsp3) is 0.182. The predicted octanol–water partition coefficient (Wildman–Crippen LogP) is 2.15. The maximum absolute atomic E-state index is 11.6. The fourth-order valence-electron chi connectivity index (χ4n) is 2.06. The highest BCUT2D eigenvalue weighted by Crippen LogP contribution is 2.35. The van der Waals surface area contributed by atoms with E-state index in [1.807, 2.05) is 29.2 Å². The first-order valence-corrected chi connectivity index (χ1v) is 4.69. The largest absolute Gasteiger partial charge is 0.322 e. The van der Waals surface area contributed by atoms with E-state index in [9.17, 15) is 4.79 Å². The van der Waals surface area contributed by atoms with Gasteiger partial charge in [0.15, 0.2) is 0 Å². The van der Waals surface area contributed by atoms with E-state index in [-0.39, 0.29) is 12.1 Å². The zero-order valence-electron chi connectivity index (χ0n) is 7.60. The Hall–Kier alpha value is -1.77. The first-order valence-electron chi connectivity index (χ1n) is 4.69. The van der Waals surface area contributed by atoms with Gasteiger partial charge in [-0.3, -0.25) is 0 Å². The molecule has 1 aromatic carbocycles. The highest BCUT2D eigenvalue weighted by atomic mass is 16.2. The van der Waals surface area contributed by atoms with Crippen LogP contribution in [0.3, 0.4) is 0 Å². The van der Waals surface area contributed by atoms with Crippen LogP contribution in [0.2, 0.25) is 0 Å². The van der Waals surface area contributed by atoms with Crippen molar-refractivity contribution in [3.63, 3.8) is 0 Å². The average Bonchev–Trinajstić information content (AvgIpc) is 2.67. The SMILES string of the molecule is O=C1Nc2ccccc2C2C=CCN12. The van der Waals surface area contributed by atoms with Gasteiger partial charge in [-0.15, -0.1) is 0 Å². The maximum atomic E-state index is 11.6. The van der Waals surface area contributed by atoms with Gasteiger partial charge < -0.3 is 10.2 Å². The Labute approximate surface area is 82.0 Å². The summed E-state index contributed by atoms with van der Waals surface area (Å²) in [6.07, 6.45) is 4.12. The van der Waals surface area contributed by atoms with E-state index in [0.29, 0.717) is 6.54 Å². The number of nitrogens with zero attached hydrogens (tertiary/aromatic N) is 1. The molecule has 0 spiro atoms. The van der Waals surface area contributed by atoms with Crippen LogP contribution in [0.5, 0.6) is 0 Å². The number of anilines is 1. The van der Waals surface area contributed by atoms with Crippen molar-refractivity contribution in [1.29, 1.82) is 0 Å². The highest BCUT2D eigenvalue weighted by Gasteiger charge is 2.32. The number of nitrogens with one attached hydrogen (secondary N) is 1. The van der Waals surface area contributed by atoms with Gasteiger partial charge in [-0.2, -0.15) is 0 Å². The van der Waals surface area contributed by atoms with Crippen LogP contribution >= 0.6 is 0 Å². The molecule has 0 radical (unpaired) electrons. The molecule has 1 aromatic rings. The number of hydrogen-bond donors (Lipinski definition) is 1. The molecule has 2 aliphatic heterocycles. The van der Waals surface area contributed by atoms with Crippen LogP contribution in [0, 0.1) is 0 Å². The third-order valence-electron chi connectivity index (χ3n) is 2.74. The number of urea groups is 1. The predicted molar refractivity (Wildman–Crippen MR) is 54.0 cm³/mol. The van der Waals surface area contributed by atoms with Crippen molar-refractivity contribution in [3.8, 4) is 0 Å². The van der Waals surface area contributed by atoms with Crippen molar-refractivity contribution < 1.29 is 4.79 Å². The molecule has 3 rings (SSSR count). The summed E-state index contributed by atoms with van der Waals surface area (Å²) in [5, 5.41) is 2.88. The summed E-state index contributed by atoms with van der Waals surface area (Å²) >= 11 is 0. The topological polar surface area (TPSA) is 32.3 Å². The standard InChI is InChI=1S/C11H10N2O/c14-11-12-9-5-2-1-4-8(9)10-6-3-7-13(10)11/h1-6,10H,7H2,(H,12,14). The van der Waals surface area contributed by atoms with Crippen LogP contribution in [0.4, 0.5) is 10.5 Å². The van der Waals surface area contributed by atoms with Gasteiger partial charge in [0.05, 0.1) is 6.04 Å². The fourth-order valence-corrected chi connectivity index (χ4v) is 2.06. The van der Waals surface area contributed by atoms with Gasteiger partial charge in [-0.05, 0) is 6.07 Å². The summed E-state index contributed by atoms with van der Waals surface area (Å²) in [5.41, 5.74) is 2.12. The Morgan fingerprint density at radius 3 is 3.14 bits per heavy atom. The summed E-state index contributed by atoms with van der Waals surface area (Å²) < 4.78 is 0. The third kappa shape index (κ3) is 0.894. The van der Waals surface area contributed by atoms with Gasteiger partial charge in [-0.1, -0.05) is 30.4 Å². The molecule has 1 atom stereocenters. The molecule has 2 amide bonds. The van der Waals surface area contributed by atoms with Crippen molar-refractivity contribution >= 4 is 11.7 Å². The Morgan fingerprint density at radius 2 is 2.21 bits per heavy atom. The van der Waals surface area contributed by atoms with Crippen molar-refractivity contribution in [2.45, 2.75) is 6.04 Å². The molecule has 70 valence electrons. The number of benzene rings is 1. The number of fused-ring (bicyclic) bond motifs is 3. The minimum Gasteiger partial charge on any atom is -0.310 e. The van der Waals surface area contributed by atoms with Crippen molar-refractivity contribution in [2.75, 3.05) is 11.9 Å². The van der Waals surface area contributed by atoms with Crippen molar-refractivity contribution in [1.82, 2.24) is 4.90 Å². The second-order valence-electron chi connectivity index (χ2n) is 3.54. The van der Waals surface area contributed by atoms with Gasteiger partial charge in [0.25, 0.3) is 0 Å². The summed E-state index contributed by atoms with van der Waals surface area (Å²) in [4.78, 5) is 13.4. The van der Waals surface area contributed by atoms with Crippen molar-refractivity contribution in [3.05, 3.63) is 42.0 Å². The molecule has 1 N–H and O–H groups in total. The Balaban J connectivity index is 2.15. The zero-order chi connectivity index (χ0) is 9.54. The quantitative estimate of drug-likeness (QED) is 0.618. The van der Waals surface area contributed by atoms with Gasteiger partial charge in [0.1, 0.15) is 0 Å². The highest BCUT2D eigenvalue weighted by molar-refractivity contribution is 5.93. The number of carbonyl (C=O) groups is 1. The molecule has 14 heavy (non-hydrogen) atoms. The van der Waals surface area contributed by atoms with Gasteiger partial charge in [0.2, 0.25) is 0 Å². The summed E-state index contributed by atoms with van der Waals surface area (Å²) in [6, 6.07) is 8.08. The van der Waals surface area contributed by atoms with E-state index < -0.39 is 0 Å². The molecule has 0 saturated carbocycles. The van der Waals surface area contributed by atoms with Crippen LogP contribution in [-0.2, 0) is 0 Å². The molecule has 0 fully saturated rings. The van der Waals surface area contributed by atoms with Crippen LogP contribution < -0.4 is 5.32 Å². The molecule has 0 aromatic heterocycles. The molecular weight excluding hydrogens is 176 g/mol. The average molecular weight is 186 g/mol.